The van der Waals surface area contributed by atoms with Gasteiger partial charge in [-0.25, -0.2) is 4.79 Å². The highest BCUT2D eigenvalue weighted by atomic mass is 16.2. The smallest absolute Gasteiger partial charge is 0.314 e. The maximum absolute atomic E-state index is 10.8. The van der Waals surface area contributed by atoms with Crippen LogP contribution >= 0.6 is 0 Å². The summed E-state index contributed by atoms with van der Waals surface area (Å²) in [5, 5.41) is 5.37. The molecule has 64 valence electrons. The van der Waals surface area contributed by atoms with Gasteiger partial charge in [0, 0.05) is 20.1 Å². The molecule has 2 amide bonds. The molecular formula is C7H15N3O. The molecule has 2 N–H and O–H groups in total. The number of likely N-dealkylation sites (N-methyl/N-ethyl adjacent to an activating group) is 1. The van der Waals surface area contributed by atoms with Crippen LogP contribution in [0.1, 0.15) is 6.92 Å². The van der Waals surface area contributed by atoms with E-state index >= 15 is 0 Å². The van der Waals surface area contributed by atoms with Gasteiger partial charge in [0.05, 0.1) is 6.04 Å². The third kappa shape index (κ3) is 2.08. The van der Waals surface area contributed by atoms with Gasteiger partial charge in [-0.2, -0.15) is 0 Å². The molecule has 4 nitrogen and oxygen atoms in total. The molecule has 0 spiro atoms. The van der Waals surface area contributed by atoms with Crippen LogP contribution < -0.4 is 10.6 Å². The Labute approximate surface area is 66.9 Å². The van der Waals surface area contributed by atoms with Crippen LogP contribution in [0.2, 0.25) is 0 Å². The lowest BCUT2D eigenvalue weighted by Gasteiger charge is -2.38. The number of urea groups is 1. The van der Waals surface area contributed by atoms with E-state index in [4.69, 9.17) is 0 Å². The standard InChI is InChI=1S/C7H15N3O/c1-3-10-4-6(5-10)9-7(11)8-2/h6H,3-5H2,1-2H3,(H2,8,9,11). The fourth-order valence-corrected chi connectivity index (χ4v) is 1.18. The molecule has 1 aliphatic rings. The van der Waals surface area contributed by atoms with Crippen molar-refractivity contribution >= 4 is 6.03 Å². The van der Waals surface area contributed by atoms with Crippen LogP contribution in [0.25, 0.3) is 0 Å². The molecular weight excluding hydrogens is 142 g/mol. The van der Waals surface area contributed by atoms with Gasteiger partial charge in [-0.15, -0.1) is 0 Å². The van der Waals surface area contributed by atoms with Crippen molar-refractivity contribution in [2.24, 2.45) is 0 Å². The Bertz CT molecular complexity index is 143. The van der Waals surface area contributed by atoms with E-state index in [1.807, 2.05) is 0 Å². The Morgan fingerprint density at radius 2 is 2.27 bits per heavy atom. The normalized spacial score (nSPS) is 19.1. The summed E-state index contributed by atoms with van der Waals surface area (Å²) in [6.45, 7) is 5.18. The number of hydrogen-bond donors (Lipinski definition) is 2. The minimum Gasteiger partial charge on any atom is -0.341 e. The number of likely N-dealkylation sites (tertiary alicyclic amines) is 1. The van der Waals surface area contributed by atoms with E-state index < -0.39 is 0 Å². The second kappa shape index (κ2) is 3.57. The fraction of sp³-hybridized carbons (Fsp3) is 0.857. The van der Waals surface area contributed by atoms with E-state index in [0.717, 1.165) is 19.6 Å². The quantitative estimate of drug-likeness (QED) is 0.574. The Morgan fingerprint density at radius 3 is 2.73 bits per heavy atom. The number of carbonyl (C=O) groups excluding carboxylic acids is 1. The third-order valence-corrected chi connectivity index (χ3v) is 1.97. The molecule has 0 bridgehead atoms. The summed E-state index contributed by atoms with van der Waals surface area (Å²) >= 11 is 0. The van der Waals surface area contributed by atoms with Gasteiger partial charge in [-0.1, -0.05) is 6.92 Å². The molecule has 0 aromatic rings. The number of nitrogens with zero attached hydrogens (tertiary/aromatic N) is 1. The van der Waals surface area contributed by atoms with Gasteiger partial charge in [0.25, 0.3) is 0 Å². The molecule has 1 rings (SSSR count). The van der Waals surface area contributed by atoms with Gasteiger partial charge in [0.2, 0.25) is 0 Å². The van der Waals surface area contributed by atoms with Crippen LogP contribution in [0.15, 0.2) is 0 Å². The molecule has 0 aromatic heterocycles. The van der Waals surface area contributed by atoms with Crippen LogP contribution in [-0.4, -0.2) is 43.7 Å². The molecule has 11 heavy (non-hydrogen) atoms. The lowest BCUT2D eigenvalue weighted by molar-refractivity contribution is 0.137. The highest BCUT2D eigenvalue weighted by molar-refractivity contribution is 5.73. The summed E-state index contributed by atoms with van der Waals surface area (Å²) in [6.07, 6.45) is 0. The zero-order valence-electron chi connectivity index (χ0n) is 7.05. The van der Waals surface area contributed by atoms with Gasteiger partial charge < -0.3 is 10.6 Å². The number of nitrogens with one attached hydrogen (secondary N) is 2. The molecule has 0 saturated carbocycles. The van der Waals surface area contributed by atoms with Crippen molar-refractivity contribution in [3.8, 4) is 0 Å². The van der Waals surface area contributed by atoms with Gasteiger partial charge in [-0.05, 0) is 6.54 Å². The average Bonchev–Trinajstić information content (AvgIpc) is 1.95. The van der Waals surface area contributed by atoms with Crippen LogP contribution in [0.5, 0.6) is 0 Å². The van der Waals surface area contributed by atoms with Gasteiger partial charge >= 0.3 is 6.03 Å². The monoisotopic (exact) mass is 157 g/mol. The van der Waals surface area contributed by atoms with Crippen LogP contribution in [0, 0.1) is 0 Å². The molecule has 0 atom stereocenters. The summed E-state index contributed by atoms with van der Waals surface area (Å²) < 4.78 is 0. The topological polar surface area (TPSA) is 44.4 Å². The SMILES string of the molecule is CCN1CC(NC(=O)NC)C1. The number of hydrogen-bond acceptors (Lipinski definition) is 2. The second-order valence-corrected chi connectivity index (χ2v) is 2.77. The Hall–Kier alpha value is -0.770. The maximum Gasteiger partial charge on any atom is 0.314 e. The van der Waals surface area contributed by atoms with Gasteiger partial charge in [0.15, 0.2) is 0 Å². The third-order valence-electron chi connectivity index (χ3n) is 1.97. The van der Waals surface area contributed by atoms with Crippen LogP contribution in [0.3, 0.4) is 0 Å². The predicted octanol–water partition coefficient (Wildman–Crippen LogP) is -0.380. The number of carbonyl (C=O) groups is 1. The first-order valence-electron chi connectivity index (χ1n) is 3.97. The van der Waals surface area contributed by atoms with E-state index in [1.54, 1.807) is 7.05 Å². The van der Waals surface area contributed by atoms with Crippen molar-refractivity contribution in [2.45, 2.75) is 13.0 Å². The number of rotatable bonds is 2. The minimum absolute atomic E-state index is 0.0780. The highest BCUT2D eigenvalue weighted by Gasteiger charge is 2.25. The van der Waals surface area contributed by atoms with E-state index in [1.165, 1.54) is 0 Å². The Balaban J connectivity index is 2.08. The summed E-state index contributed by atoms with van der Waals surface area (Å²) in [4.78, 5) is 13.0. The van der Waals surface area contributed by atoms with Crippen molar-refractivity contribution in [3.05, 3.63) is 0 Å². The molecule has 1 saturated heterocycles. The molecule has 0 unspecified atom stereocenters. The van der Waals surface area contributed by atoms with Crippen molar-refractivity contribution in [1.29, 1.82) is 0 Å². The first-order valence-corrected chi connectivity index (χ1v) is 3.97. The summed E-state index contributed by atoms with van der Waals surface area (Å²) in [5.41, 5.74) is 0. The van der Waals surface area contributed by atoms with Crippen molar-refractivity contribution < 1.29 is 4.79 Å². The van der Waals surface area contributed by atoms with Crippen molar-refractivity contribution in [2.75, 3.05) is 26.7 Å². The largest absolute Gasteiger partial charge is 0.341 e. The van der Waals surface area contributed by atoms with E-state index in [9.17, 15) is 4.79 Å². The zero-order valence-corrected chi connectivity index (χ0v) is 7.05. The summed E-state index contributed by atoms with van der Waals surface area (Å²) in [5.74, 6) is 0. The summed E-state index contributed by atoms with van der Waals surface area (Å²) in [6, 6.07) is 0.278. The maximum atomic E-state index is 10.8. The first kappa shape index (κ1) is 8.33. The van der Waals surface area contributed by atoms with Crippen molar-refractivity contribution in [3.63, 3.8) is 0 Å². The average molecular weight is 157 g/mol. The molecule has 0 aromatic carbocycles. The van der Waals surface area contributed by atoms with Gasteiger partial charge in [0.1, 0.15) is 0 Å². The lowest BCUT2D eigenvalue weighted by atomic mass is 10.1. The number of amides is 2. The molecule has 1 aliphatic heterocycles. The predicted molar refractivity (Wildman–Crippen MR) is 43.5 cm³/mol. The van der Waals surface area contributed by atoms with E-state index in [2.05, 4.69) is 22.5 Å². The zero-order chi connectivity index (χ0) is 8.27. The molecule has 0 radical (unpaired) electrons. The molecule has 1 fully saturated rings. The van der Waals surface area contributed by atoms with E-state index in [-0.39, 0.29) is 6.03 Å². The fourth-order valence-electron chi connectivity index (χ4n) is 1.18. The summed E-state index contributed by atoms with van der Waals surface area (Å²) in [7, 11) is 1.63. The minimum atomic E-state index is -0.0780. The lowest BCUT2D eigenvalue weighted by Crippen LogP contribution is -2.60. The highest BCUT2D eigenvalue weighted by Crippen LogP contribution is 2.05. The molecule has 0 aliphatic carbocycles. The second-order valence-electron chi connectivity index (χ2n) is 2.77. The van der Waals surface area contributed by atoms with Crippen molar-refractivity contribution in [1.82, 2.24) is 15.5 Å². The van der Waals surface area contributed by atoms with Crippen LogP contribution in [-0.2, 0) is 0 Å². The Kier molecular flexibility index (Phi) is 2.70. The Morgan fingerprint density at radius 1 is 1.64 bits per heavy atom. The van der Waals surface area contributed by atoms with Crippen LogP contribution in [0.4, 0.5) is 4.79 Å². The van der Waals surface area contributed by atoms with E-state index in [0.29, 0.717) is 6.04 Å². The molecule has 4 heteroatoms. The van der Waals surface area contributed by atoms with Gasteiger partial charge in [-0.3, -0.25) is 4.90 Å². The molecule has 1 heterocycles. The first-order chi connectivity index (χ1) is 5.26.